The van der Waals surface area contributed by atoms with Gasteiger partial charge in [0.1, 0.15) is 5.75 Å². The van der Waals surface area contributed by atoms with Crippen LogP contribution in [0.15, 0.2) is 42.5 Å². The Labute approximate surface area is 181 Å². The molecule has 2 aromatic rings. The van der Waals surface area contributed by atoms with Crippen molar-refractivity contribution in [3.8, 4) is 17.2 Å². The summed E-state index contributed by atoms with van der Waals surface area (Å²) in [6.07, 6.45) is 0.190. The summed E-state index contributed by atoms with van der Waals surface area (Å²) < 4.78 is 15.8. The van der Waals surface area contributed by atoms with E-state index >= 15 is 0 Å². The Balaban J connectivity index is 1.43. The Kier molecular flexibility index (Phi) is 5.99. The molecule has 2 aromatic carbocycles. The van der Waals surface area contributed by atoms with E-state index in [-0.39, 0.29) is 18.2 Å². The van der Waals surface area contributed by atoms with Crippen LogP contribution in [0.2, 0.25) is 0 Å². The summed E-state index contributed by atoms with van der Waals surface area (Å²) in [4.78, 5) is 31.5. The molecule has 2 saturated heterocycles. The van der Waals surface area contributed by atoms with Crippen molar-refractivity contribution in [3.05, 3.63) is 42.5 Å². The second-order valence-electron chi connectivity index (χ2n) is 7.55. The third-order valence-corrected chi connectivity index (χ3v) is 5.94. The zero-order valence-corrected chi connectivity index (χ0v) is 18.0. The lowest BCUT2D eigenvalue weighted by molar-refractivity contribution is -0.123. The fraction of sp³-hybridized carbons (Fsp3) is 0.391. The summed E-state index contributed by atoms with van der Waals surface area (Å²) in [6, 6.07) is 12.6. The summed E-state index contributed by atoms with van der Waals surface area (Å²) in [7, 11) is 4.73. The minimum atomic E-state index is -0.432. The quantitative estimate of drug-likeness (QED) is 0.657. The molecule has 1 unspecified atom stereocenters. The zero-order valence-electron chi connectivity index (χ0n) is 18.0. The van der Waals surface area contributed by atoms with E-state index in [1.807, 2.05) is 24.3 Å². The number of amides is 2. The lowest BCUT2D eigenvalue weighted by Gasteiger charge is -2.38. The van der Waals surface area contributed by atoms with Crippen LogP contribution in [-0.2, 0) is 9.59 Å². The summed E-state index contributed by atoms with van der Waals surface area (Å²) in [5.74, 6) is 1.48. The average Bonchev–Trinajstić information content (AvgIpc) is 3.12. The number of carbonyl (C=O) groups excluding carboxylic acids is 2. The third kappa shape index (κ3) is 4.03. The summed E-state index contributed by atoms with van der Waals surface area (Å²) in [5.41, 5.74) is 1.63. The molecular weight excluding hydrogens is 398 g/mol. The van der Waals surface area contributed by atoms with Gasteiger partial charge in [0.15, 0.2) is 11.5 Å². The summed E-state index contributed by atoms with van der Waals surface area (Å²) in [5, 5.41) is 0. The molecule has 2 fully saturated rings. The predicted octanol–water partition coefficient (Wildman–Crippen LogP) is 2.17. The molecule has 0 spiro atoms. The van der Waals surface area contributed by atoms with E-state index in [2.05, 4.69) is 9.80 Å². The van der Waals surface area contributed by atoms with Gasteiger partial charge in [-0.2, -0.15) is 0 Å². The molecule has 8 nitrogen and oxygen atoms in total. The molecule has 0 aliphatic carbocycles. The number of anilines is 2. The molecule has 0 aromatic heterocycles. The number of rotatable bonds is 6. The average molecular weight is 425 g/mol. The van der Waals surface area contributed by atoms with Crippen LogP contribution in [0.4, 0.5) is 11.4 Å². The van der Waals surface area contributed by atoms with E-state index in [4.69, 9.17) is 14.2 Å². The van der Waals surface area contributed by atoms with Gasteiger partial charge in [-0.3, -0.25) is 14.5 Å². The molecule has 2 aliphatic heterocycles. The van der Waals surface area contributed by atoms with Crippen molar-refractivity contribution in [2.75, 3.05) is 57.3 Å². The first-order chi connectivity index (χ1) is 15.0. The zero-order chi connectivity index (χ0) is 22.0. The van der Waals surface area contributed by atoms with Gasteiger partial charge in [-0.25, -0.2) is 4.90 Å². The largest absolute Gasteiger partial charge is 0.497 e. The van der Waals surface area contributed by atoms with Crippen LogP contribution in [0.1, 0.15) is 6.42 Å². The Morgan fingerprint density at radius 2 is 1.42 bits per heavy atom. The Hall–Kier alpha value is -3.26. The molecular formula is C23H27N3O5. The highest BCUT2D eigenvalue weighted by atomic mass is 16.5. The van der Waals surface area contributed by atoms with Gasteiger partial charge in [0.05, 0.1) is 39.5 Å². The molecule has 0 radical (unpaired) electrons. The molecule has 0 saturated carbocycles. The van der Waals surface area contributed by atoms with Gasteiger partial charge in [-0.1, -0.05) is 0 Å². The number of nitrogens with zero attached hydrogens (tertiary/aromatic N) is 3. The highest BCUT2D eigenvalue weighted by Gasteiger charge is 2.43. The number of ether oxygens (including phenoxy) is 3. The Bertz CT molecular complexity index is 954. The third-order valence-electron chi connectivity index (χ3n) is 5.94. The van der Waals surface area contributed by atoms with Gasteiger partial charge in [-0.05, 0) is 36.4 Å². The van der Waals surface area contributed by atoms with Gasteiger partial charge in [0.2, 0.25) is 5.91 Å². The van der Waals surface area contributed by atoms with Gasteiger partial charge < -0.3 is 19.1 Å². The van der Waals surface area contributed by atoms with Crippen LogP contribution in [0, 0.1) is 0 Å². The van der Waals surface area contributed by atoms with Crippen LogP contribution in [0.25, 0.3) is 0 Å². The molecule has 4 rings (SSSR count). The smallest absolute Gasteiger partial charge is 0.251 e. The molecule has 0 bridgehead atoms. The maximum Gasteiger partial charge on any atom is 0.251 e. The molecule has 31 heavy (non-hydrogen) atoms. The molecule has 2 heterocycles. The van der Waals surface area contributed by atoms with Crippen LogP contribution in [0.5, 0.6) is 17.2 Å². The minimum Gasteiger partial charge on any atom is -0.497 e. The van der Waals surface area contributed by atoms with Crippen molar-refractivity contribution in [3.63, 3.8) is 0 Å². The first-order valence-corrected chi connectivity index (χ1v) is 10.3. The van der Waals surface area contributed by atoms with Crippen molar-refractivity contribution in [2.45, 2.75) is 12.5 Å². The highest BCUT2D eigenvalue weighted by Crippen LogP contribution is 2.34. The van der Waals surface area contributed by atoms with Crippen LogP contribution in [0.3, 0.4) is 0 Å². The van der Waals surface area contributed by atoms with Crippen molar-refractivity contribution in [1.82, 2.24) is 4.90 Å². The molecule has 1 atom stereocenters. The van der Waals surface area contributed by atoms with Gasteiger partial charge in [0.25, 0.3) is 5.91 Å². The fourth-order valence-corrected chi connectivity index (χ4v) is 4.22. The first kappa shape index (κ1) is 21.0. The normalized spacial score (nSPS) is 19.6. The number of benzene rings is 2. The van der Waals surface area contributed by atoms with Gasteiger partial charge in [0, 0.05) is 37.9 Å². The molecule has 8 heteroatoms. The lowest BCUT2D eigenvalue weighted by Crippen LogP contribution is -2.52. The van der Waals surface area contributed by atoms with Crippen molar-refractivity contribution >= 4 is 23.2 Å². The number of methoxy groups -OCH3 is 3. The van der Waals surface area contributed by atoms with Crippen molar-refractivity contribution < 1.29 is 23.8 Å². The molecule has 0 N–H and O–H groups in total. The predicted molar refractivity (Wildman–Crippen MR) is 117 cm³/mol. The second-order valence-corrected chi connectivity index (χ2v) is 7.55. The lowest BCUT2D eigenvalue weighted by atomic mass is 10.1. The molecule has 164 valence electrons. The van der Waals surface area contributed by atoms with Crippen LogP contribution < -0.4 is 24.0 Å². The van der Waals surface area contributed by atoms with E-state index < -0.39 is 6.04 Å². The van der Waals surface area contributed by atoms with E-state index in [0.29, 0.717) is 17.2 Å². The van der Waals surface area contributed by atoms with E-state index in [1.165, 1.54) is 12.0 Å². The van der Waals surface area contributed by atoms with Crippen LogP contribution >= 0.6 is 0 Å². The standard InChI is InChI=1S/C23H27N3O5/c1-29-18-7-4-16(5-8-18)24-10-12-25(13-11-24)19-15-22(27)26(23(19)28)17-6-9-20(30-2)21(14-17)31-3/h4-9,14,19H,10-13,15H2,1-3H3. The van der Waals surface area contributed by atoms with Crippen LogP contribution in [-0.4, -0.2) is 70.3 Å². The second kappa shape index (κ2) is 8.85. The highest BCUT2D eigenvalue weighted by molar-refractivity contribution is 6.22. The van der Waals surface area contributed by atoms with Crippen molar-refractivity contribution in [1.29, 1.82) is 0 Å². The summed E-state index contributed by atoms with van der Waals surface area (Å²) in [6.45, 7) is 3.02. The van der Waals surface area contributed by atoms with Gasteiger partial charge in [-0.15, -0.1) is 0 Å². The SMILES string of the molecule is COc1ccc(N2CCN(C3CC(=O)N(c4ccc(OC)c(OC)c4)C3=O)CC2)cc1. The number of hydrogen-bond donors (Lipinski definition) is 0. The topological polar surface area (TPSA) is 71.6 Å². The van der Waals surface area contributed by atoms with E-state index in [9.17, 15) is 9.59 Å². The Morgan fingerprint density at radius 1 is 0.774 bits per heavy atom. The number of carbonyl (C=O) groups is 2. The molecule has 2 aliphatic rings. The number of hydrogen-bond acceptors (Lipinski definition) is 7. The minimum absolute atomic E-state index is 0.185. The monoisotopic (exact) mass is 425 g/mol. The van der Waals surface area contributed by atoms with Gasteiger partial charge >= 0.3 is 0 Å². The maximum absolute atomic E-state index is 13.2. The molecule has 2 amide bonds. The van der Waals surface area contributed by atoms with Crippen molar-refractivity contribution in [2.24, 2.45) is 0 Å². The number of piperazine rings is 1. The van der Waals surface area contributed by atoms with E-state index in [1.54, 1.807) is 32.4 Å². The maximum atomic E-state index is 13.2. The fourth-order valence-electron chi connectivity index (χ4n) is 4.22. The Morgan fingerprint density at radius 3 is 2.03 bits per heavy atom. The van der Waals surface area contributed by atoms with E-state index in [0.717, 1.165) is 37.6 Å². The summed E-state index contributed by atoms with van der Waals surface area (Å²) >= 11 is 0. The number of imide groups is 1. The first-order valence-electron chi connectivity index (χ1n) is 10.3.